The van der Waals surface area contributed by atoms with Gasteiger partial charge in [0.05, 0.1) is 16.9 Å². The van der Waals surface area contributed by atoms with E-state index in [1.807, 2.05) is 0 Å². The number of hydrogen-bond donors (Lipinski definition) is 0. The third kappa shape index (κ3) is 3.95. The van der Waals surface area contributed by atoms with Crippen molar-refractivity contribution in [3.05, 3.63) is 29.8 Å². The Labute approximate surface area is 114 Å². The molecule has 0 radical (unpaired) electrons. The molecule has 1 unspecified atom stereocenters. The largest absolute Gasteiger partial charge is 0.383 e. The fourth-order valence-corrected chi connectivity index (χ4v) is 2.71. The molecule has 0 aromatic heterocycles. The Hall–Kier alpha value is -0.620. The van der Waals surface area contributed by atoms with Gasteiger partial charge in [-0.3, -0.25) is 0 Å². The lowest BCUT2D eigenvalue weighted by molar-refractivity contribution is 0.197. The molecule has 0 saturated carbocycles. The van der Waals surface area contributed by atoms with Gasteiger partial charge in [-0.05, 0) is 24.1 Å². The van der Waals surface area contributed by atoms with E-state index in [2.05, 4.69) is 0 Å². The Morgan fingerprint density at radius 1 is 1.28 bits per heavy atom. The average Bonchev–Trinajstić information content (AvgIpc) is 2.29. The molecule has 1 rings (SSSR count). The van der Waals surface area contributed by atoms with E-state index in [4.69, 9.17) is 16.3 Å². The highest BCUT2D eigenvalue weighted by Crippen LogP contribution is 2.16. The van der Waals surface area contributed by atoms with Crippen molar-refractivity contribution in [2.24, 2.45) is 0 Å². The lowest BCUT2D eigenvalue weighted by atomic mass is 10.1. The molecule has 1 atom stereocenters. The van der Waals surface area contributed by atoms with Crippen LogP contribution in [-0.2, 0) is 21.2 Å². The van der Waals surface area contributed by atoms with Gasteiger partial charge in [-0.1, -0.05) is 12.1 Å². The molecule has 0 N–H and O–H groups in total. The van der Waals surface area contributed by atoms with Crippen molar-refractivity contribution in [3.8, 4) is 0 Å². The van der Waals surface area contributed by atoms with Crippen LogP contribution >= 0.6 is 11.6 Å². The van der Waals surface area contributed by atoms with E-state index in [1.165, 1.54) is 18.4 Å². The van der Waals surface area contributed by atoms with Crippen molar-refractivity contribution in [1.82, 2.24) is 4.31 Å². The first kappa shape index (κ1) is 15.4. The van der Waals surface area contributed by atoms with Crippen molar-refractivity contribution in [2.45, 2.75) is 16.7 Å². The summed E-state index contributed by atoms with van der Waals surface area (Å²) in [6.45, 7) is 0.472. The van der Waals surface area contributed by atoms with Gasteiger partial charge >= 0.3 is 0 Å². The molecule has 0 aliphatic carbocycles. The van der Waals surface area contributed by atoms with Gasteiger partial charge in [-0.25, -0.2) is 12.7 Å². The molecule has 0 heterocycles. The minimum atomic E-state index is -3.36. The number of rotatable bonds is 6. The molecular weight excluding hydrogens is 274 g/mol. The molecule has 0 aliphatic heterocycles. The Bertz CT molecular complexity index is 471. The van der Waals surface area contributed by atoms with E-state index >= 15 is 0 Å². The predicted octanol–water partition coefficient (Wildman–Crippen LogP) is 1.73. The maximum atomic E-state index is 11.8. The van der Waals surface area contributed by atoms with Gasteiger partial charge in [0.25, 0.3) is 0 Å². The zero-order valence-electron chi connectivity index (χ0n) is 10.8. The first-order valence-electron chi connectivity index (χ1n) is 5.52. The van der Waals surface area contributed by atoms with Crippen LogP contribution in [0.1, 0.15) is 5.56 Å². The van der Waals surface area contributed by atoms with Crippen molar-refractivity contribution < 1.29 is 13.2 Å². The SMILES string of the molecule is COCC(Cl)Cc1ccc(S(=O)(=O)N(C)C)cc1. The summed E-state index contributed by atoms with van der Waals surface area (Å²) in [5.74, 6) is 0. The van der Waals surface area contributed by atoms with Crippen molar-refractivity contribution in [2.75, 3.05) is 27.8 Å². The highest BCUT2D eigenvalue weighted by atomic mass is 35.5. The Balaban J connectivity index is 2.81. The van der Waals surface area contributed by atoms with Crippen molar-refractivity contribution >= 4 is 21.6 Å². The number of hydrogen-bond acceptors (Lipinski definition) is 3. The number of alkyl halides is 1. The summed E-state index contributed by atoms with van der Waals surface area (Å²) in [5, 5.41) is -0.105. The van der Waals surface area contributed by atoms with E-state index in [-0.39, 0.29) is 10.3 Å². The third-order valence-electron chi connectivity index (χ3n) is 2.51. The van der Waals surface area contributed by atoms with Gasteiger partial charge in [0.15, 0.2) is 0 Å². The summed E-state index contributed by atoms with van der Waals surface area (Å²) in [7, 11) is 1.26. The lowest BCUT2D eigenvalue weighted by Crippen LogP contribution is -2.22. The van der Waals surface area contributed by atoms with Gasteiger partial charge in [-0.15, -0.1) is 11.6 Å². The minimum Gasteiger partial charge on any atom is -0.383 e. The molecule has 0 saturated heterocycles. The standard InChI is InChI=1S/C12H18ClNO3S/c1-14(2)18(15,16)12-6-4-10(5-7-12)8-11(13)9-17-3/h4-7,11H,8-9H2,1-3H3. The molecule has 6 heteroatoms. The van der Waals surface area contributed by atoms with Crippen LogP contribution < -0.4 is 0 Å². The van der Waals surface area contributed by atoms with Crippen LogP contribution in [0, 0.1) is 0 Å². The molecule has 1 aromatic carbocycles. The summed E-state index contributed by atoms with van der Waals surface area (Å²) >= 11 is 6.04. The second-order valence-corrected chi connectivity index (χ2v) is 6.96. The third-order valence-corrected chi connectivity index (χ3v) is 4.62. The summed E-state index contributed by atoms with van der Waals surface area (Å²) in [6, 6.07) is 6.75. The predicted molar refractivity (Wildman–Crippen MR) is 72.5 cm³/mol. The molecule has 0 bridgehead atoms. The highest BCUT2D eigenvalue weighted by molar-refractivity contribution is 7.89. The number of halogens is 1. The molecule has 0 amide bonds. The number of methoxy groups -OCH3 is 1. The Kier molecular flexibility index (Phi) is 5.59. The van der Waals surface area contributed by atoms with Crippen LogP contribution in [0.5, 0.6) is 0 Å². The monoisotopic (exact) mass is 291 g/mol. The molecule has 1 aromatic rings. The molecule has 0 aliphatic rings. The number of nitrogens with zero attached hydrogens (tertiary/aromatic N) is 1. The van der Waals surface area contributed by atoms with Gasteiger partial charge in [0, 0.05) is 21.2 Å². The van der Waals surface area contributed by atoms with Crippen LogP contribution in [-0.4, -0.2) is 45.9 Å². The smallest absolute Gasteiger partial charge is 0.242 e. The van der Waals surface area contributed by atoms with Crippen LogP contribution in [0.2, 0.25) is 0 Å². The topological polar surface area (TPSA) is 46.6 Å². The van der Waals surface area contributed by atoms with Gasteiger partial charge in [-0.2, -0.15) is 0 Å². The molecule has 0 spiro atoms. The first-order chi connectivity index (χ1) is 8.37. The van der Waals surface area contributed by atoms with Crippen LogP contribution in [0.4, 0.5) is 0 Å². The summed E-state index contributed by atoms with van der Waals surface area (Å²) in [6.07, 6.45) is 0.650. The molecular formula is C12H18ClNO3S. The lowest BCUT2D eigenvalue weighted by Gasteiger charge is -2.12. The van der Waals surface area contributed by atoms with Crippen molar-refractivity contribution in [3.63, 3.8) is 0 Å². The Morgan fingerprint density at radius 2 is 1.83 bits per heavy atom. The second kappa shape index (κ2) is 6.52. The minimum absolute atomic E-state index is 0.105. The number of benzene rings is 1. The zero-order valence-corrected chi connectivity index (χ0v) is 12.3. The van der Waals surface area contributed by atoms with Gasteiger partial charge in [0.2, 0.25) is 10.0 Å². The number of sulfonamides is 1. The summed E-state index contributed by atoms with van der Waals surface area (Å²) in [5.41, 5.74) is 0.991. The molecule has 0 fully saturated rings. The van der Waals surface area contributed by atoms with Crippen molar-refractivity contribution in [1.29, 1.82) is 0 Å². The quantitative estimate of drug-likeness (QED) is 0.750. The summed E-state index contributed by atoms with van der Waals surface area (Å²) in [4.78, 5) is 0.286. The average molecular weight is 292 g/mol. The zero-order chi connectivity index (χ0) is 13.8. The highest BCUT2D eigenvalue weighted by Gasteiger charge is 2.16. The first-order valence-corrected chi connectivity index (χ1v) is 7.40. The second-order valence-electron chi connectivity index (χ2n) is 4.19. The van der Waals surface area contributed by atoms with E-state index in [9.17, 15) is 8.42 Å². The van der Waals surface area contributed by atoms with Gasteiger partial charge < -0.3 is 4.74 Å². The molecule has 102 valence electrons. The van der Waals surface area contributed by atoms with Gasteiger partial charge in [0.1, 0.15) is 0 Å². The van der Waals surface area contributed by atoms with E-state index in [1.54, 1.807) is 31.4 Å². The Morgan fingerprint density at radius 3 is 2.28 bits per heavy atom. The van der Waals surface area contributed by atoms with E-state index in [0.717, 1.165) is 5.56 Å². The summed E-state index contributed by atoms with van der Waals surface area (Å²) < 4.78 is 29.8. The molecule has 18 heavy (non-hydrogen) atoms. The van der Waals surface area contributed by atoms with E-state index in [0.29, 0.717) is 13.0 Å². The molecule has 4 nitrogen and oxygen atoms in total. The van der Waals surface area contributed by atoms with E-state index < -0.39 is 10.0 Å². The maximum Gasteiger partial charge on any atom is 0.242 e. The van der Waals surface area contributed by atoms with Crippen LogP contribution in [0.3, 0.4) is 0 Å². The van der Waals surface area contributed by atoms with Crippen LogP contribution in [0.15, 0.2) is 29.2 Å². The fraction of sp³-hybridized carbons (Fsp3) is 0.500. The number of ether oxygens (including phenoxy) is 1. The normalized spacial score (nSPS) is 13.8. The van der Waals surface area contributed by atoms with Crippen LogP contribution in [0.25, 0.3) is 0 Å². The fourth-order valence-electron chi connectivity index (χ4n) is 1.50. The maximum absolute atomic E-state index is 11.8.